The molecule has 2 N–H and O–H groups in total. The highest BCUT2D eigenvalue weighted by Gasteiger charge is 2.25. The van der Waals surface area contributed by atoms with Gasteiger partial charge in [0.25, 0.3) is 5.56 Å². The number of benzene rings is 2. The van der Waals surface area contributed by atoms with Gasteiger partial charge in [-0.25, -0.2) is 14.2 Å². The third-order valence-electron chi connectivity index (χ3n) is 6.28. The van der Waals surface area contributed by atoms with E-state index in [2.05, 4.69) is 20.5 Å². The molecule has 2 aliphatic rings. The van der Waals surface area contributed by atoms with Crippen LogP contribution in [0.2, 0.25) is 0 Å². The highest BCUT2D eigenvalue weighted by Crippen LogP contribution is 2.40. The monoisotopic (exact) mass is 447 g/mol. The summed E-state index contributed by atoms with van der Waals surface area (Å²) in [7, 11) is 0. The molecule has 3 aromatic rings. The summed E-state index contributed by atoms with van der Waals surface area (Å²) in [6.45, 7) is 9.27. The fourth-order valence-electron chi connectivity index (χ4n) is 4.23. The smallest absolute Gasteiger partial charge is 0.296 e. The second-order valence-electron chi connectivity index (χ2n) is 8.62. The van der Waals surface area contributed by atoms with Gasteiger partial charge in [0.2, 0.25) is 11.5 Å². The molecule has 5 rings (SSSR count). The lowest BCUT2D eigenvalue weighted by Crippen LogP contribution is -2.28. The van der Waals surface area contributed by atoms with Gasteiger partial charge in [-0.05, 0) is 68.0 Å². The highest BCUT2D eigenvalue weighted by atomic mass is 19.1. The quantitative estimate of drug-likeness (QED) is 0.541. The van der Waals surface area contributed by atoms with Gasteiger partial charge in [0.1, 0.15) is 11.6 Å². The maximum absolute atomic E-state index is 15.1. The summed E-state index contributed by atoms with van der Waals surface area (Å²) in [6, 6.07) is 11.4. The van der Waals surface area contributed by atoms with Crippen LogP contribution in [0, 0.1) is 24.1 Å². The molecule has 8 heteroatoms. The van der Waals surface area contributed by atoms with Crippen LogP contribution in [-0.2, 0) is 0 Å². The summed E-state index contributed by atoms with van der Waals surface area (Å²) in [6.07, 6.45) is 3.24. The van der Waals surface area contributed by atoms with Crippen molar-refractivity contribution in [1.29, 1.82) is 0 Å². The first-order valence-electron chi connectivity index (χ1n) is 11.1. The Morgan fingerprint density at radius 1 is 1.15 bits per heavy atom. The molecule has 168 valence electrons. The van der Waals surface area contributed by atoms with E-state index in [0.717, 1.165) is 38.4 Å². The van der Waals surface area contributed by atoms with E-state index in [1.807, 2.05) is 12.1 Å². The van der Waals surface area contributed by atoms with E-state index in [1.165, 1.54) is 22.3 Å². The Hall–Kier alpha value is -3.57. The first kappa shape index (κ1) is 21.3. The van der Waals surface area contributed by atoms with Crippen LogP contribution in [0.3, 0.4) is 0 Å². The highest BCUT2D eigenvalue weighted by molar-refractivity contribution is 5.64. The number of aromatic nitrogens is 2. The van der Waals surface area contributed by atoms with E-state index < -0.39 is 17.2 Å². The Bertz CT molecular complexity index is 1290. The SMILES string of the molecule is [C-]#[N+]c1ccc(-c2nc(NC[C@@H]3CCNC3)c(F)c(=O)n2-c2ccc(C3CC3)cc2)cc1F. The zero-order valence-corrected chi connectivity index (χ0v) is 17.9. The molecule has 2 aromatic carbocycles. The lowest BCUT2D eigenvalue weighted by Gasteiger charge is -2.17. The number of hydrogen-bond acceptors (Lipinski definition) is 4. The summed E-state index contributed by atoms with van der Waals surface area (Å²) in [5, 5.41) is 6.22. The normalized spacial score (nSPS) is 17.7. The maximum atomic E-state index is 15.1. The van der Waals surface area contributed by atoms with Crippen LogP contribution in [-0.4, -0.2) is 29.2 Å². The van der Waals surface area contributed by atoms with Crippen molar-refractivity contribution in [2.24, 2.45) is 5.92 Å². The minimum Gasteiger partial charge on any atom is -0.367 e. The second kappa shape index (κ2) is 8.75. The molecular formula is C25H23F2N5O. The van der Waals surface area contributed by atoms with E-state index in [9.17, 15) is 9.18 Å². The van der Waals surface area contributed by atoms with Crippen molar-refractivity contribution >= 4 is 11.5 Å². The van der Waals surface area contributed by atoms with Crippen molar-refractivity contribution in [3.05, 3.63) is 81.4 Å². The first-order valence-corrected chi connectivity index (χ1v) is 11.1. The Kier molecular flexibility index (Phi) is 5.65. The molecule has 0 spiro atoms. The van der Waals surface area contributed by atoms with Gasteiger partial charge in [-0.15, -0.1) is 0 Å². The Balaban J connectivity index is 1.61. The average molecular weight is 447 g/mol. The molecule has 1 aliphatic carbocycles. The molecular weight excluding hydrogens is 424 g/mol. The molecule has 1 aromatic heterocycles. The van der Waals surface area contributed by atoms with Crippen LogP contribution >= 0.6 is 0 Å². The Morgan fingerprint density at radius 2 is 1.94 bits per heavy atom. The molecule has 2 fully saturated rings. The summed E-state index contributed by atoms with van der Waals surface area (Å²) < 4.78 is 30.7. The van der Waals surface area contributed by atoms with Crippen molar-refractivity contribution in [3.63, 3.8) is 0 Å². The molecule has 0 unspecified atom stereocenters. The molecule has 1 aliphatic heterocycles. The third-order valence-corrected chi connectivity index (χ3v) is 6.28. The van der Waals surface area contributed by atoms with E-state index in [4.69, 9.17) is 6.57 Å². The average Bonchev–Trinajstić information content (AvgIpc) is 3.55. The van der Waals surface area contributed by atoms with Crippen LogP contribution < -0.4 is 16.2 Å². The number of hydrogen-bond donors (Lipinski definition) is 2. The fourth-order valence-corrected chi connectivity index (χ4v) is 4.23. The summed E-state index contributed by atoms with van der Waals surface area (Å²) in [5.41, 5.74) is 0.926. The Morgan fingerprint density at radius 3 is 2.58 bits per heavy atom. The molecule has 0 bridgehead atoms. The minimum absolute atomic E-state index is 0.114. The molecule has 1 saturated carbocycles. The maximum Gasteiger partial charge on any atom is 0.296 e. The topological polar surface area (TPSA) is 63.3 Å². The largest absolute Gasteiger partial charge is 0.367 e. The molecule has 0 radical (unpaired) electrons. The van der Waals surface area contributed by atoms with Crippen LogP contribution in [0.5, 0.6) is 0 Å². The molecule has 6 nitrogen and oxygen atoms in total. The van der Waals surface area contributed by atoms with E-state index in [1.54, 1.807) is 12.1 Å². The van der Waals surface area contributed by atoms with Crippen molar-refractivity contribution < 1.29 is 8.78 Å². The van der Waals surface area contributed by atoms with Crippen molar-refractivity contribution in [2.45, 2.75) is 25.2 Å². The van der Waals surface area contributed by atoms with Crippen LogP contribution in [0.25, 0.3) is 21.9 Å². The van der Waals surface area contributed by atoms with E-state index in [0.29, 0.717) is 24.1 Å². The Labute approximate surface area is 190 Å². The summed E-state index contributed by atoms with van der Waals surface area (Å²) >= 11 is 0. The molecule has 0 amide bonds. The van der Waals surface area contributed by atoms with Gasteiger partial charge in [0, 0.05) is 12.1 Å². The third kappa shape index (κ3) is 4.24. The van der Waals surface area contributed by atoms with Gasteiger partial charge in [0.05, 0.1) is 12.3 Å². The second-order valence-corrected chi connectivity index (χ2v) is 8.62. The number of rotatable bonds is 6. The standard InChI is InChI=1S/C25H23F2N5O/c1-28-21-9-6-18(12-20(21)26)24-31-23(30-14-15-10-11-29-13-15)22(27)25(33)32(24)19-7-4-17(5-8-19)16-2-3-16/h4-9,12,15-16,29-30H,2-3,10-11,13-14H2/t15-/m1/s1. The van der Waals surface area contributed by atoms with Crippen molar-refractivity contribution in [3.8, 4) is 17.1 Å². The van der Waals surface area contributed by atoms with Gasteiger partial charge >= 0.3 is 0 Å². The number of nitrogens with zero attached hydrogens (tertiary/aromatic N) is 3. The number of anilines is 1. The van der Waals surface area contributed by atoms with Gasteiger partial charge in [0.15, 0.2) is 5.82 Å². The lowest BCUT2D eigenvalue weighted by molar-refractivity contribution is 0.580. The first-order chi connectivity index (χ1) is 16.0. The van der Waals surface area contributed by atoms with Crippen molar-refractivity contribution in [1.82, 2.24) is 14.9 Å². The molecule has 1 atom stereocenters. The lowest BCUT2D eigenvalue weighted by atomic mass is 10.1. The number of halogens is 2. The zero-order chi connectivity index (χ0) is 22.9. The van der Waals surface area contributed by atoms with Crippen LogP contribution in [0.1, 0.15) is 30.7 Å². The number of nitrogens with one attached hydrogen (secondary N) is 2. The van der Waals surface area contributed by atoms with E-state index in [-0.39, 0.29) is 22.9 Å². The predicted molar refractivity (Wildman–Crippen MR) is 123 cm³/mol. The van der Waals surface area contributed by atoms with E-state index >= 15 is 4.39 Å². The molecule has 33 heavy (non-hydrogen) atoms. The van der Waals surface area contributed by atoms with Crippen LogP contribution in [0.15, 0.2) is 47.3 Å². The fraction of sp³-hybridized carbons (Fsp3) is 0.320. The zero-order valence-electron chi connectivity index (χ0n) is 17.9. The summed E-state index contributed by atoms with van der Waals surface area (Å²) in [5.74, 6) is -0.887. The molecule has 1 saturated heterocycles. The van der Waals surface area contributed by atoms with Crippen LogP contribution in [0.4, 0.5) is 20.3 Å². The van der Waals surface area contributed by atoms with Gasteiger partial charge in [-0.1, -0.05) is 24.3 Å². The van der Waals surface area contributed by atoms with Crippen molar-refractivity contribution in [2.75, 3.05) is 25.0 Å². The van der Waals surface area contributed by atoms with Gasteiger partial charge < -0.3 is 10.6 Å². The van der Waals surface area contributed by atoms with Gasteiger partial charge in [-0.2, -0.15) is 4.39 Å². The minimum atomic E-state index is -0.978. The summed E-state index contributed by atoms with van der Waals surface area (Å²) in [4.78, 5) is 20.7. The predicted octanol–water partition coefficient (Wildman–Crippen LogP) is 4.63. The molecule has 2 heterocycles. The van der Waals surface area contributed by atoms with Gasteiger partial charge in [-0.3, -0.25) is 9.36 Å².